The van der Waals surface area contributed by atoms with Crippen molar-refractivity contribution in [3.8, 4) is 0 Å². The van der Waals surface area contributed by atoms with E-state index in [0.717, 1.165) is 18.9 Å². The van der Waals surface area contributed by atoms with E-state index in [-0.39, 0.29) is 0 Å². The Hall–Kier alpha value is -1.69. The van der Waals surface area contributed by atoms with Gasteiger partial charge in [-0.25, -0.2) is 9.67 Å². The lowest BCUT2D eigenvalue weighted by Gasteiger charge is -2.09. The molecule has 0 spiro atoms. The lowest BCUT2D eigenvalue weighted by Crippen LogP contribution is -2.18. The molecule has 0 bridgehead atoms. The molecular formula is C14H24N6. The van der Waals surface area contributed by atoms with E-state index in [2.05, 4.69) is 54.4 Å². The van der Waals surface area contributed by atoms with Crippen molar-refractivity contribution in [2.45, 2.75) is 46.8 Å². The molecule has 110 valence electrons. The van der Waals surface area contributed by atoms with Gasteiger partial charge in [-0.3, -0.25) is 4.68 Å². The van der Waals surface area contributed by atoms with E-state index in [1.54, 1.807) is 6.33 Å². The molecule has 0 saturated heterocycles. The fourth-order valence-electron chi connectivity index (χ4n) is 2.05. The minimum atomic E-state index is 0.315. The molecular weight excluding hydrogens is 252 g/mol. The Bertz CT molecular complexity index is 525. The second-order valence-electron chi connectivity index (χ2n) is 5.79. The molecule has 0 aliphatic carbocycles. The van der Waals surface area contributed by atoms with E-state index in [1.807, 2.05) is 15.6 Å². The summed E-state index contributed by atoms with van der Waals surface area (Å²) in [5, 5.41) is 12.0. The Morgan fingerprint density at radius 1 is 1.20 bits per heavy atom. The first-order valence-electron chi connectivity index (χ1n) is 7.16. The molecule has 0 aliphatic heterocycles. The quantitative estimate of drug-likeness (QED) is 0.838. The average molecular weight is 276 g/mol. The summed E-state index contributed by atoms with van der Waals surface area (Å²) in [6.07, 6.45) is 5.57. The Morgan fingerprint density at radius 3 is 2.70 bits per heavy atom. The number of nitrogens with zero attached hydrogens (tertiary/aromatic N) is 5. The van der Waals surface area contributed by atoms with E-state index in [4.69, 9.17) is 0 Å². The van der Waals surface area contributed by atoms with Crippen molar-refractivity contribution in [3.63, 3.8) is 0 Å². The van der Waals surface area contributed by atoms with E-state index < -0.39 is 0 Å². The maximum Gasteiger partial charge on any atom is 0.148 e. The summed E-state index contributed by atoms with van der Waals surface area (Å²) in [6, 6.07) is 0.315. The number of hydrogen-bond acceptors (Lipinski definition) is 4. The Morgan fingerprint density at radius 2 is 2.00 bits per heavy atom. The van der Waals surface area contributed by atoms with Crippen molar-refractivity contribution in [1.29, 1.82) is 0 Å². The highest BCUT2D eigenvalue weighted by molar-refractivity contribution is 5.04. The minimum absolute atomic E-state index is 0.315. The Kier molecular flexibility index (Phi) is 4.89. The minimum Gasteiger partial charge on any atom is -0.312 e. The number of aromatic nitrogens is 5. The van der Waals surface area contributed by atoms with Crippen LogP contribution in [-0.4, -0.2) is 31.1 Å². The molecule has 0 atom stereocenters. The van der Waals surface area contributed by atoms with Gasteiger partial charge in [-0.05, 0) is 26.3 Å². The second-order valence-corrected chi connectivity index (χ2v) is 5.79. The number of rotatable bonds is 7. The average Bonchev–Trinajstić information content (AvgIpc) is 2.99. The van der Waals surface area contributed by atoms with Gasteiger partial charge in [0.15, 0.2) is 0 Å². The fraction of sp³-hybridized carbons (Fsp3) is 0.643. The van der Waals surface area contributed by atoms with Crippen molar-refractivity contribution in [1.82, 2.24) is 29.9 Å². The summed E-state index contributed by atoms with van der Waals surface area (Å²) in [6.45, 7) is 11.1. The monoisotopic (exact) mass is 276 g/mol. The van der Waals surface area contributed by atoms with Crippen LogP contribution in [-0.2, 0) is 13.1 Å². The van der Waals surface area contributed by atoms with E-state index >= 15 is 0 Å². The first-order valence-corrected chi connectivity index (χ1v) is 7.16. The molecule has 0 unspecified atom stereocenters. The summed E-state index contributed by atoms with van der Waals surface area (Å²) in [5.74, 6) is 1.60. The molecule has 2 heterocycles. The van der Waals surface area contributed by atoms with Crippen molar-refractivity contribution in [2.24, 2.45) is 5.92 Å². The molecule has 6 heteroatoms. The Balaban J connectivity index is 1.94. The SMILES string of the molecule is CC(C)CNCc1cnn(Cc2ncnn2C(C)C)c1. The van der Waals surface area contributed by atoms with E-state index in [1.165, 1.54) is 5.56 Å². The normalized spacial score (nSPS) is 11.7. The van der Waals surface area contributed by atoms with E-state index in [9.17, 15) is 0 Å². The number of hydrogen-bond donors (Lipinski definition) is 1. The third-order valence-electron chi connectivity index (χ3n) is 3.01. The third-order valence-corrected chi connectivity index (χ3v) is 3.01. The summed E-state index contributed by atoms with van der Waals surface area (Å²) in [5.41, 5.74) is 1.20. The van der Waals surface area contributed by atoms with E-state index in [0.29, 0.717) is 18.5 Å². The van der Waals surface area contributed by atoms with Crippen LogP contribution in [0.25, 0.3) is 0 Å². The van der Waals surface area contributed by atoms with Crippen molar-refractivity contribution in [2.75, 3.05) is 6.54 Å². The molecule has 2 aromatic rings. The lowest BCUT2D eigenvalue weighted by atomic mass is 10.2. The molecule has 0 saturated carbocycles. The molecule has 2 rings (SSSR count). The molecule has 20 heavy (non-hydrogen) atoms. The highest BCUT2D eigenvalue weighted by Crippen LogP contribution is 2.07. The molecule has 1 N–H and O–H groups in total. The summed E-state index contributed by atoms with van der Waals surface area (Å²) < 4.78 is 3.84. The summed E-state index contributed by atoms with van der Waals surface area (Å²) >= 11 is 0. The topological polar surface area (TPSA) is 60.6 Å². The second kappa shape index (κ2) is 6.65. The van der Waals surface area contributed by atoms with Gasteiger partial charge in [0.2, 0.25) is 0 Å². The maximum atomic E-state index is 4.38. The van der Waals surface area contributed by atoms with Crippen LogP contribution in [0, 0.1) is 5.92 Å². The van der Waals surface area contributed by atoms with Crippen LogP contribution in [0.4, 0.5) is 0 Å². The van der Waals surface area contributed by atoms with Gasteiger partial charge in [-0.2, -0.15) is 10.2 Å². The van der Waals surface area contributed by atoms with Gasteiger partial charge in [0, 0.05) is 24.3 Å². The fourth-order valence-corrected chi connectivity index (χ4v) is 2.05. The van der Waals surface area contributed by atoms with Crippen LogP contribution in [0.5, 0.6) is 0 Å². The molecule has 0 amide bonds. The zero-order chi connectivity index (χ0) is 14.5. The van der Waals surface area contributed by atoms with Gasteiger partial charge < -0.3 is 5.32 Å². The zero-order valence-corrected chi connectivity index (χ0v) is 12.7. The van der Waals surface area contributed by atoms with Crippen LogP contribution in [0.1, 0.15) is 45.1 Å². The Labute approximate surface area is 120 Å². The third kappa shape index (κ3) is 3.90. The van der Waals surface area contributed by atoms with Gasteiger partial charge in [0.1, 0.15) is 18.7 Å². The zero-order valence-electron chi connectivity index (χ0n) is 12.7. The highest BCUT2D eigenvalue weighted by Gasteiger charge is 2.09. The van der Waals surface area contributed by atoms with Gasteiger partial charge >= 0.3 is 0 Å². The van der Waals surface area contributed by atoms with Crippen LogP contribution in [0.15, 0.2) is 18.7 Å². The van der Waals surface area contributed by atoms with Crippen LogP contribution < -0.4 is 5.32 Å². The molecule has 0 aliphatic rings. The first kappa shape index (κ1) is 14.7. The summed E-state index contributed by atoms with van der Waals surface area (Å²) in [7, 11) is 0. The van der Waals surface area contributed by atoms with Gasteiger partial charge in [-0.15, -0.1) is 0 Å². The number of nitrogens with one attached hydrogen (secondary N) is 1. The smallest absolute Gasteiger partial charge is 0.148 e. The van der Waals surface area contributed by atoms with Crippen molar-refractivity contribution < 1.29 is 0 Å². The standard InChI is InChI=1S/C14H24N6/c1-11(2)5-15-6-13-7-17-19(8-13)9-14-16-10-18-20(14)12(3)4/h7-8,10-12,15H,5-6,9H2,1-4H3. The van der Waals surface area contributed by atoms with Crippen molar-refractivity contribution >= 4 is 0 Å². The predicted octanol–water partition coefficient (Wildman–Crippen LogP) is 1.85. The van der Waals surface area contributed by atoms with Crippen LogP contribution in [0.2, 0.25) is 0 Å². The largest absolute Gasteiger partial charge is 0.312 e. The van der Waals surface area contributed by atoms with Crippen LogP contribution >= 0.6 is 0 Å². The molecule has 0 fully saturated rings. The molecule has 2 aromatic heterocycles. The first-order chi connectivity index (χ1) is 9.56. The van der Waals surface area contributed by atoms with Crippen molar-refractivity contribution in [3.05, 3.63) is 30.1 Å². The highest BCUT2D eigenvalue weighted by atomic mass is 15.4. The van der Waals surface area contributed by atoms with Gasteiger partial charge in [0.05, 0.1) is 6.20 Å². The lowest BCUT2D eigenvalue weighted by molar-refractivity contribution is 0.488. The van der Waals surface area contributed by atoms with Gasteiger partial charge in [-0.1, -0.05) is 13.8 Å². The summed E-state index contributed by atoms with van der Waals surface area (Å²) in [4.78, 5) is 4.30. The predicted molar refractivity (Wildman–Crippen MR) is 78.3 cm³/mol. The molecule has 6 nitrogen and oxygen atoms in total. The molecule has 0 aromatic carbocycles. The maximum absolute atomic E-state index is 4.38. The van der Waals surface area contributed by atoms with Gasteiger partial charge in [0.25, 0.3) is 0 Å². The molecule has 0 radical (unpaired) electrons. The van der Waals surface area contributed by atoms with Crippen LogP contribution in [0.3, 0.4) is 0 Å².